The summed E-state index contributed by atoms with van der Waals surface area (Å²) in [6.07, 6.45) is 0. The Hall–Kier alpha value is -2.06. The van der Waals surface area contributed by atoms with Gasteiger partial charge in [0.05, 0.1) is 11.8 Å². The van der Waals surface area contributed by atoms with Crippen molar-refractivity contribution in [2.24, 2.45) is 0 Å². The van der Waals surface area contributed by atoms with Gasteiger partial charge in [0.25, 0.3) is 0 Å². The van der Waals surface area contributed by atoms with Crippen LogP contribution in [0.5, 0.6) is 0 Å². The summed E-state index contributed by atoms with van der Waals surface area (Å²) in [5, 5.41) is 11.1. The van der Waals surface area contributed by atoms with Gasteiger partial charge in [0.1, 0.15) is 10.8 Å². The predicted octanol–water partition coefficient (Wildman–Crippen LogP) is 3.15. The molecular weight excluding hydrogens is 251 g/mol. The van der Waals surface area contributed by atoms with E-state index in [0.717, 1.165) is 5.56 Å². The Kier molecular flexibility index (Phi) is 3.49. The van der Waals surface area contributed by atoms with Gasteiger partial charge in [-0.05, 0) is 31.2 Å². The van der Waals surface area contributed by atoms with E-state index in [1.54, 1.807) is 17.5 Å². The minimum absolute atomic E-state index is 0.225. The van der Waals surface area contributed by atoms with Crippen molar-refractivity contribution in [2.75, 3.05) is 0 Å². The quantitative estimate of drug-likeness (QED) is 0.851. The maximum Gasteiger partial charge on any atom is 0.156 e. The molecule has 5 heteroatoms. The minimum Gasteiger partial charge on any atom is -0.298 e. The molecule has 0 saturated carbocycles. The molecule has 0 spiro atoms. The van der Waals surface area contributed by atoms with Crippen LogP contribution in [0.15, 0.2) is 29.6 Å². The Morgan fingerprint density at radius 1 is 1.44 bits per heavy atom. The van der Waals surface area contributed by atoms with Gasteiger partial charge in [-0.15, -0.1) is 11.3 Å². The first-order valence-corrected chi connectivity index (χ1v) is 6.11. The third-order valence-corrected chi connectivity index (χ3v) is 3.35. The molecular formula is C13H9FN2OS. The summed E-state index contributed by atoms with van der Waals surface area (Å²) < 4.78 is 12.8. The van der Waals surface area contributed by atoms with Crippen LogP contribution in [0.1, 0.15) is 17.8 Å². The zero-order valence-electron chi connectivity index (χ0n) is 9.55. The lowest BCUT2D eigenvalue weighted by Crippen LogP contribution is -2.05. The Bertz CT molecular complexity index is 613. The van der Waals surface area contributed by atoms with E-state index in [-0.39, 0.29) is 11.6 Å². The summed E-state index contributed by atoms with van der Waals surface area (Å²) in [6, 6.07) is 7.86. The van der Waals surface area contributed by atoms with E-state index in [1.165, 1.54) is 30.4 Å². The van der Waals surface area contributed by atoms with Crippen LogP contribution in [0.2, 0.25) is 0 Å². The smallest absolute Gasteiger partial charge is 0.156 e. The maximum absolute atomic E-state index is 12.8. The van der Waals surface area contributed by atoms with Crippen molar-refractivity contribution in [3.8, 4) is 17.3 Å². The van der Waals surface area contributed by atoms with Gasteiger partial charge >= 0.3 is 0 Å². The molecule has 0 aliphatic heterocycles. The predicted molar refractivity (Wildman–Crippen MR) is 66.5 cm³/mol. The SMILES string of the molecule is CC(=O)[C@H](C#N)c1nc(-c2ccc(F)cc2)cs1. The van der Waals surface area contributed by atoms with Crippen LogP contribution in [0, 0.1) is 17.1 Å². The number of aromatic nitrogens is 1. The van der Waals surface area contributed by atoms with Crippen LogP contribution in [0.4, 0.5) is 4.39 Å². The number of nitriles is 1. The Balaban J connectivity index is 2.33. The zero-order chi connectivity index (χ0) is 13.1. The summed E-state index contributed by atoms with van der Waals surface area (Å²) in [7, 11) is 0. The molecule has 2 aromatic rings. The van der Waals surface area contributed by atoms with Crippen molar-refractivity contribution < 1.29 is 9.18 Å². The third-order valence-electron chi connectivity index (χ3n) is 2.44. The molecule has 0 unspecified atom stereocenters. The fourth-order valence-corrected chi connectivity index (χ4v) is 2.42. The lowest BCUT2D eigenvalue weighted by molar-refractivity contribution is -0.117. The standard InChI is InChI=1S/C13H9FN2OS/c1-8(17)11(6-15)13-16-12(7-18-13)9-2-4-10(14)5-3-9/h2-5,7,11H,1H3/t11-/m0/s1. The highest BCUT2D eigenvalue weighted by Crippen LogP contribution is 2.26. The second-order valence-electron chi connectivity index (χ2n) is 3.75. The number of benzene rings is 1. The van der Waals surface area contributed by atoms with E-state index in [4.69, 9.17) is 5.26 Å². The number of carbonyl (C=O) groups excluding carboxylic acids is 1. The molecule has 90 valence electrons. The minimum atomic E-state index is -0.816. The topological polar surface area (TPSA) is 53.8 Å². The van der Waals surface area contributed by atoms with Crippen LogP contribution < -0.4 is 0 Å². The van der Waals surface area contributed by atoms with Crippen LogP contribution in [-0.4, -0.2) is 10.8 Å². The molecule has 1 aromatic heterocycles. The molecule has 1 aromatic carbocycles. The average molecular weight is 260 g/mol. The molecule has 0 bridgehead atoms. The molecule has 0 amide bonds. The van der Waals surface area contributed by atoms with E-state index in [1.807, 2.05) is 6.07 Å². The van der Waals surface area contributed by atoms with Crippen LogP contribution in [0.25, 0.3) is 11.3 Å². The number of carbonyl (C=O) groups is 1. The fourth-order valence-electron chi connectivity index (χ4n) is 1.49. The number of hydrogen-bond donors (Lipinski definition) is 0. The van der Waals surface area contributed by atoms with Crippen molar-refractivity contribution in [1.29, 1.82) is 5.26 Å². The monoisotopic (exact) mass is 260 g/mol. The number of thiazole rings is 1. The van der Waals surface area contributed by atoms with Crippen molar-refractivity contribution in [2.45, 2.75) is 12.8 Å². The van der Waals surface area contributed by atoms with Gasteiger partial charge in [-0.2, -0.15) is 5.26 Å². The van der Waals surface area contributed by atoms with Gasteiger partial charge < -0.3 is 0 Å². The van der Waals surface area contributed by atoms with Crippen molar-refractivity contribution in [3.63, 3.8) is 0 Å². The first-order chi connectivity index (χ1) is 8.61. The molecule has 0 radical (unpaired) electrons. The van der Waals surface area contributed by atoms with Gasteiger partial charge in [-0.3, -0.25) is 4.79 Å². The summed E-state index contributed by atoms with van der Waals surface area (Å²) in [5.41, 5.74) is 1.41. The van der Waals surface area contributed by atoms with E-state index < -0.39 is 5.92 Å². The molecule has 0 aliphatic rings. The zero-order valence-corrected chi connectivity index (χ0v) is 10.4. The number of rotatable bonds is 3. The molecule has 18 heavy (non-hydrogen) atoms. The first-order valence-electron chi connectivity index (χ1n) is 5.23. The second kappa shape index (κ2) is 5.07. The van der Waals surface area contributed by atoms with Crippen molar-refractivity contribution in [3.05, 3.63) is 40.5 Å². The van der Waals surface area contributed by atoms with E-state index in [9.17, 15) is 9.18 Å². The Labute approximate surface area is 108 Å². The highest BCUT2D eigenvalue weighted by atomic mass is 32.1. The van der Waals surface area contributed by atoms with Crippen LogP contribution >= 0.6 is 11.3 Å². The van der Waals surface area contributed by atoms with Crippen LogP contribution in [-0.2, 0) is 4.79 Å². The molecule has 1 atom stereocenters. The third kappa shape index (κ3) is 2.44. The molecule has 3 nitrogen and oxygen atoms in total. The second-order valence-corrected chi connectivity index (χ2v) is 4.64. The summed E-state index contributed by atoms with van der Waals surface area (Å²) in [4.78, 5) is 15.5. The normalized spacial score (nSPS) is 11.8. The lowest BCUT2D eigenvalue weighted by atomic mass is 10.1. The van der Waals surface area contributed by atoms with Gasteiger partial charge in [-0.1, -0.05) is 0 Å². The lowest BCUT2D eigenvalue weighted by Gasteiger charge is -1.99. The van der Waals surface area contributed by atoms with Gasteiger partial charge in [-0.25, -0.2) is 9.37 Å². The van der Waals surface area contributed by atoms with Gasteiger partial charge in [0.2, 0.25) is 0 Å². The molecule has 0 aliphatic carbocycles. The van der Waals surface area contributed by atoms with Gasteiger partial charge in [0.15, 0.2) is 11.7 Å². The largest absolute Gasteiger partial charge is 0.298 e. The Morgan fingerprint density at radius 3 is 2.67 bits per heavy atom. The van der Waals surface area contributed by atoms with E-state index in [2.05, 4.69) is 4.98 Å². The summed E-state index contributed by atoms with van der Waals surface area (Å²) in [6.45, 7) is 1.37. The number of nitrogens with zero attached hydrogens (tertiary/aromatic N) is 2. The number of ketones is 1. The average Bonchev–Trinajstić information content (AvgIpc) is 2.80. The van der Waals surface area contributed by atoms with Gasteiger partial charge in [0, 0.05) is 10.9 Å². The van der Waals surface area contributed by atoms with Crippen molar-refractivity contribution in [1.82, 2.24) is 4.98 Å². The fraction of sp³-hybridized carbons (Fsp3) is 0.154. The van der Waals surface area contributed by atoms with E-state index >= 15 is 0 Å². The summed E-state index contributed by atoms with van der Waals surface area (Å²) in [5.74, 6) is -1.35. The van der Waals surface area contributed by atoms with Crippen molar-refractivity contribution >= 4 is 17.1 Å². The number of Topliss-reactive ketones (excluding diaryl/α,β-unsaturated/α-hetero) is 1. The summed E-state index contributed by atoms with van der Waals surface area (Å²) >= 11 is 1.26. The van der Waals surface area contributed by atoms with Crippen LogP contribution in [0.3, 0.4) is 0 Å². The molecule has 0 N–H and O–H groups in total. The van der Waals surface area contributed by atoms with E-state index in [0.29, 0.717) is 10.7 Å². The number of halogens is 1. The number of hydrogen-bond acceptors (Lipinski definition) is 4. The molecule has 0 fully saturated rings. The molecule has 2 rings (SSSR count). The first kappa shape index (κ1) is 12.4. The molecule has 0 saturated heterocycles. The molecule has 1 heterocycles. The highest BCUT2D eigenvalue weighted by Gasteiger charge is 2.20. The Morgan fingerprint density at radius 2 is 2.11 bits per heavy atom. The highest BCUT2D eigenvalue weighted by molar-refractivity contribution is 7.10. The maximum atomic E-state index is 12.8.